The van der Waals surface area contributed by atoms with Gasteiger partial charge in [0, 0.05) is 28.5 Å². The number of nitrogens with one attached hydrogen (secondary N) is 2. The van der Waals surface area contributed by atoms with Crippen LogP contribution in [-0.2, 0) is 6.61 Å². The van der Waals surface area contributed by atoms with Crippen LogP contribution in [0.4, 0.5) is 4.39 Å². The number of ether oxygens (including phenoxy) is 2. The van der Waals surface area contributed by atoms with Crippen LogP contribution in [0.15, 0.2) is 51.5 Å². The molecule has 0 atom stereocenters. The van der Waals surface area contributed by atoms with E-state index in [0.717, 1.165) is 39.9 Å². The summed E-state index contributed by atoms with van der Waals surface area (Å²) in [6.45, 7) is 0.0545. The van der Waals surface area contributed by atoms with E-state index in [0.29, 0.717) is 4.57 Å². The van der Waals surface area contributed by atoms with E-state index < -0.39 is 28.7 Å². The van der Waals surface area contributed by atoms with Gasteiger partial charge in [-0.05, 0) is 0 Å². The van der Waals surface area contributed by atoms with Crippen LogP contribution in [0.1, 0.15) is 15.2 Å². The van der Waals surface area contributed by atoms with Gasteiger partial charge in [0.05, 0.1) is 35.4 Å². The molecule has 5 aromatic rings. The first kappa shape index (κ1) is 21.4. The molecule has 0 aliphatic rings. The number of carboxylic acid groups (broad SMARTS) is 1. The Labute approximate surface area is 192 Å². The number of rotatable bonds is 6. The molecule has 0 amide bonds. The number of fused-ring (bicyclic) bond motifs is 2. The standard InChI is InChI=1S/C22H15FN4O6S/c1-32-15-5-12(23)14(6-16(15)33-8-11-4-2-3-10-7-24-26-18(10)11)27-20(28)17-13(25-22(27)31)9-34-19(17)21(29)30/h2-7,9H,8H2,1H3,(H,24,26)(H,25,31)(H,29,30). The maximum absolute atomic E-state index is 15.0. The maximum Gasteiger partial charge on any atom is 0.346 e. The molecule has 0 spiro atoms. The Morgan fingerprint density at radius 3 is 2.85 bits per heavy atom. The Kier molecular flexibility index (Phi) is 5.13. The fraction of sp³-hybridized carbons (Fsp3) is 0.0909. The number of hydrogen-bond donors (Lipinski definition) is 3. The van der Waals surface area contributed by atoms with Gasteiger partial charge in [-0.15, -0.1) is 11.3 Å². The molecule has 2 aromatic carbocycles. The molecule has 5 rings (SSSR count). The Balaban J connectivity index is 1.63. The van der Waals surface area contributed by atoms with E-state index in [4.69, 9.17) is 9.47 Å². The summed E-state index contributed by atoms with van der Waals surface area (Å²) in [4.78, 5) is 39.4. The van der Waals surface area contributed by atoms with E-state index in [2.05, 4.69) is 15.2 Å². The minimum atomic E-state index is -1.33. The molecule has 3 aromatic heterocycles. The molecule has 0 aliphatic heterocycles. The first-order valence-corrected chi connectivity index (χ1v) is 10.7. The lowest BCUT2D eigenvalue weighted by atomic mass is 10.1. The quantitative estimate of drug-likeness (QED) is 0.338. The molecule has 0 saturated heterocycles. The Morgan fingerprint density at radius 2 is 2.09 bits per heavy atom. The monoisotopic (exact) mass is 482 g/mol. The first-order chi connectivity index (χ1) is 16.4. The molecule has 0 aliphatic carbocycles. The normalized spacial score (nSPS) is 11.2. The van der Waals surface area contributed by atoms with Crippen molar-refractivity contribution in [2.24, 2.45) is 0 Å². The highest BCUT2D eigenvalue weighted by Crippen LogP contribution is 2.32. The van der Waals surface area contributed by atoms with Crippen molar-refractivity contribution in [3.05, 3.63) is 79.0 Å². The number of nitrogens with zero attached hydrogens (tertiary/aromatic N) is 2. The molecule has 12 heteroatoms. The van der Waals surface area contributed by atoms with E-state index in [9.17, 15) is 19.5 Å². The minimum Gasteiger partial charge on any atom is -0.493 e. The molecule has 172 valence electrons. The smallest absolute Gasteiger partial charge is 0.346 e. The summed E-state index contributed by atoms with van der Waals surface area (Å²) in [5.41, 5.74) is -0.707. The number of aromatic carboxylic acids is 1. The Morgan fingerprint density at radius 1 is 1.26 bits per heavy atom. The largest absolute Gasteiger partial charge is 0.493 e. The van der Waals surface area contributed by atoms with Gasteiger partial charge < -0.3 is 19.6 Å². The predicted octanol–water partition coefficient (Wildman–Crippen LogP) is 3.04. The molecule has 0 radical (unpaired) electrons. The van der Waals surface area contributed by atoms with Gasteiger partial charge in [0.2, 0.25) is 0 Å². The molecule has 0 bridgehead atoms. The zero-order valence-corrected chi connectivity index (χ0v) is 18.2. The zero-order chi connectivity index (χ0) is 24.0. The third-order valence-corrected chi connectivity index (χ3v) is 6.24. The molecule has 0 unspecified atom stereocenters. The van der Waals surface area contributed by atoms with Gasteiger partial charge in [0.25, 0.3) is 5.56 Å². The fourth-order valence-electron chi connectivity index (χ4n) is 3.69. The third-order valence-electron chi connectivity index (χ3n) is 5.27. The maximum atomic E-state index is 15.0. The summed E-state index contributed by atoms with van der Waals surface area (Å²) < 4.78 is 26.6. The van der Waals surface area contributed by atoms with E-state index in [1.807, 2.05) is 18.2 Å². The highest BCUT2D eigenvalue weighted by molar-refractivity contribution is 7.13. The van der Waals surface area contributed by atoms with Gasteiger partial charge in [0.15, 0.2) is 17.3 Å². The second-order valence-corrected chi connectivity index (χ2v) is 8.10. The number of thiophene rings is 1. The lowest BCUT2D eigenvalue weighted by molar-refractivity contribution is 0.0704. The molecule has 34 heavy (non-hydrogen) atoms. The van der Waals surface area contributed by atoms with Crippen molar-refractivity contribution in [2.45, 2.75) is 6.61 Å². The summed E-state index contributed by atoms with van der Waals surface area (Å²) >= 11 is 0.789. The van der Waals surface area contributed by atoms with E-state index in [-0.39, 0.29) is 33.9 Å². The number of halogens is 1. The average molecular weight is 482 g/mol. The Hall–Kier alpha value is -4.45. The molecule has 3 N–H and O–H groups in total. The summed E-state index contributed by atoms with van der Waals surface area (Å²) in [6, 6.07) is 7.69. The van der Waals surface area contributed by atoms with Gasteiger partial charge in [0.1, 0.15) is 11.5 Å². The van der Waals surface area contributed by atoms with Crippen LogP contribution in [0, 0.1) is 5.82 Å². The number of aromatic amines is 2. The lowest BCUT2D eigenvalue weighted by Gasteiger charge is -2.14. The molecule has 3 heterocycles. The molecule has 0 fully saturated rings. The molecular formula is C22H15FN4O6S. The fourth-order valence-corrected chi connectivity index (χ4v) is 4.52. The van der Waals surface area contributed by atoms with Crippen molar-refractivity contribution in [1.82, 2.24) is 19.7 Å². The molecule has 0 saturated carbocycles. The number of H-pyrrole nitrogens is 2. The second kappa shape index (κ2) is 8.15. The van der Waals surface area contributed by atoms with Gasteiger partial charge in [-0.1, -0.05) is 18.2 Å². The number of aromatic nitrogens is 4. The topological polar surface area (TPSA) is 139 Å². The van der Waals surface area contributed by atoms with Crippen molar-refractivity contribution < 1.29 is 23.8 Å². The highest BCUT2D eigenvalue weighted by atomic mass is 32.1. The van der Waals surface area contributed by atoms with Crippen LogP contribution in [0.5, 0.6) is 11.5 Å². The van der Waals surface area contributed by atoms with Gasteiger partial charge >= 0.3 is 11.7 Å². The van der Waals surface area contributed by atoms with Crippen LogP contribution in [-0.4, -0.2) is 37.9 Å². The summed E-state index contributed by atoms with van der Waals surface area (Å²) in [7, 11) is 1.33. The lowest BCUT2D eigenvalue weighted by Crippen LogP contribution is -2.34. The van der Waals surface area contributed by atoms with E-state index in [1.54, 1.807) is 6.20 Å². The Bertz CT molecular complexity index is 1700. The number of hydrogen-bond acceptors (Lipinski definition) is 7. The van der Waals surface area contributed by atoms with Crippen molar-refractivity contribution in [3.8, 4) is 17.2 Å². The van der Waals surface area contributed by atoms with E-state index >= 15 is 4.39 Å². The third kappa shape index (κ3) is 3.40. The summed E-state index contributed by atoms with van der Waals surface area (Å²) in [5.74, 6) is -2.14. The van der Waals surface area contributed by atoms with Crippen LogP contribution < -0.4 is 20.7 Å². The average Bonchev–Trinajstić information content (AvgIpc) is 3.46. The van der Waals surface area contributed by atoms with Crippen LogP contribution in [0.25, 0.3) is 27.5 Å². The molecular weight excluding hydrogens is 467 g/mol. The van der Waals surface area contributed by atoms with Crippen molar-refractivity contribution in [3.63, 3.8) is 0 Å². The van der Waals surface area contributed by atoms with Gasteiger partial charge in [-0.2, -0.15) is 5.10 Å². The van der Waals surface area contributed by atoms with Gasteiger partial charge in [-0.25, -0.2) is 18.5 Å². The second-order valence-electron chi connectivity index (χ2n) is 7.22. The summed E-state index contributed by atoms with van der Waals surface area (Å²) in [5, 5.41) is 18.3. The number of carboxylic acids is 1. The number of benzene rings is 2. The van der Waals surface area contributed by atoms with Crippen molar-refractivity contribution in [2.75, 3.05) is 7.11 Å². The minimum absolute atomic E-state index is 0.0466. The van der Waals surface area contributed by atoms with Crippen molar-refractivity contribution >= 4 is 39.1 Å². The zero-order valence-electron chi connectivity index (χ0n) is 17.4. The number of methoxy groups -OCH3 is 1. The summed E-state index contributed by atoms with van der Waals surface area (Å²) in [6.07, 6.45) is 1.67. The van der Waals surface area contributed by atoms with Crippen molar-refractivity contribution in [1.29, 1.82) is 0 Å². The molecule has 10 nitrogen and oxygen atoms in total. The van der Waals surface area contributed by atoms with Crippen LogP contribution in [0.3, 0.4) is 0 Å². The SMILES string of the molecule is COc1cc(F)c(-n2c(=O)[nH]c3csc(C(=O)O)c3c2=O)cc1OCc1cccc2cn[nH]c12. The number of para-hydroxylation sites is 1. The van der Waals surface area contributed by atoms with E-state index in [1.165, 1.54) is 12.5 Å². The van der Waals surface area contributed by atoms with Gasteiger partial charge in [-0.3, -0.25) is 9.89 Å². The van der Waals surface area contributed by atoms with Crippen LogP contribution in [0.2, 0.25) is 0 Å². The van der Waals surface area contributed by atoms with Crippen LogP contribution >= 0.6 is 11.3 Å². The highest BCUT2D eigenvalue weighted by Gasteiger charge is 2.22. The predicted molar refractivity (Wildman–Crippen MR) is 122 cm³/mol. The number of carbonyl (C=O) groups is 1. The first-order valence-electron chi connectivity index (χ1n) is 9.80.